The van der Waals surface area contributed by atoms with Gasteiger partial charge in [0.2, 0.25) is 0 Å². The van der Waals surface area contributed by atoms with Gasteiger partial charge in [-0.2, -0.15) is 0 Å². The smallest absolute Gasteiger partial charge is 0.270 e. The molecule has 0 aliphatic carbocycles. The zero-order chi connectivity index (χ0) is 19.9. The Morgan fingerprint density at radius 1 is 1.04 bits per heavy atom. The van der Waals surface area contributed by atoms with Gasteiger partial charge < -0.3 is 10.6 Å². The molecule has 0 atom stereocenters. The molecule has 144 valence electrons. The SMILES string of the molecule is Cc1nc(NCc2ccccc2C)cc(C(=O)NCCc2ccc(Cl)cc2)n1. The van der Waals surface area contributed by atoms with E-state index < -0.39 is 0 Å². The summed E-state index contributed by atoms with van der Waals surface area (Å²) in [5.41, 5.74) is 3.87. The fourth-order valence-electron chi connectivity index (χ4n) is 2.83. The third kappa shape index (κ3) is 5.54. The van der Waals surface area contributed by atoms with Gasteiger partial charge >= 0.3 is 0 Å². The molecule has 0 aliphatic rings. The van der Waals surface area contributed by atoms with Crippen molar-refractivity contribution in [2.24, 2.45) is 0 Å². The Balaban J connectivity index is 1.59. The predicted molar refractivity (Wildman–Crippen MR) is 113 cm³/mol. The van der Waals surface area contributed by atoms with Crippen LogP contribution in [-0.2, 0) is 13.0 Å². The second kappa shape index (κ2) is 9.33. The van der Waals surface area contributed by atoms with Crippen LogP contribution in [0.4, 0.5) is 5.82 Å². The molecule has 0 spiro atoms. The Hall–Kier alpha value is -2.92. The van der Waals surface area contributed by atoms with Gasteiger partial charge in [-0.05, 0) is 49.1 Å². The van der Waals surface area contributed by atoms with Crippen molar-refractivity contribution >= 4 is 23.3 Å². The summed E-state index contributed by atoms with van der Waals surface area (Å²) in [6.45, 7) is 5.02. The fraction of sp³-hybridized carbons (Fsp3) is 0.227. The average molecular weight is 395 g/mol. The number of aromatic nitrogens is 2. The van der Waals surface area contributed by atoms with E-state index in [-0.39, 0.29) is 5.91 Å². The summed E-state index contributed by atoms with van der Waals surface area (Å²) in [5.74, 6) is 0.981. The highest BCUT2D eigenvalue weighted by molar-refractivity contribution is 6.30. The molecule has 3 rings (SSSR count). The lowest BCUT2D eigenvalue weighted by Crippen LogP contribution is -2.27. The molecule has 1 heterocycles. The first-order chi connectivity index (χ1) is 13.5. The quantitative estimate of drug-likeness (QED) is 0.625. The minimum atomic E-state index is -0.210. The normalized spacial score (nSPS) is 10.5. The van der Waals surface area contributed by atoms with Crippen LogP contribution < -0.4 is 10.6 Å². The zero-order valence-electron chi connectivity index (χ0n) is 16.0. The van der Waals surface area contributed by atoms with Gasteiger partial charge in [-0.15, -0.1) is 0 Å². The number of amides is 1. The van der Waals surface area contributed by atoms with E-state index >= 15 is 0 Å². The minimum Gasteiger partial charge on any atom is -0.366 e. The van der Waals surface area contributed by atoms with E-state index in [1.165, 1.54) is 11.1 Å². The largest absolute Gasteiger partial charge is 0.366 e. The highest BCUT2D eigenvalue weighted by Crippen LogP contribution is 2.12. The Bertz CT molecular complexity index is 957. The minimum absolute atomic E-state index is 0.210. The summed E-state index contributed by atoms with van der Waals surface area (Å²) in [5, 5.41) is 6.89. The molecule has 6 heteroatoms. The second-order valence-electron chi connectivity index (χ2n) is 6.60. The van der Waals surface area contributed by atoms with Crippen molar-refractivity contribution in [3.8, 4) is 0 Å². The molecule has 28 heavy (non-hydrogen) atoms. The van der Waals surface area contributed by atoms with Crippen LogP contribution in [0, 0.1) is 13.8 Å². The molecule has 1 aromatic heterocycles. The second-order valence-corrected chi connectivity index (χ2v) is 7.03. The first-order valence-corrected chi connectivity index (χ1v) is 9.56. The number of carbonyl (C=O) groups excluding carboxylic acids is 1. The summed E-state index contributed by atoms with van der Waals surface area (Å²) in [6.07, 6.45) is 0.728. The first kappa shape index (κ1) is 19.8. The van der Waals surface area contributed by atoms with Crippen molar-refractivity contribution in [3.05, 3.63) is 87.8 Å². The van der Waals surface area contributed by atoms with Gasteiger partial charge in [-0.25, -0.2) is 9.97 Å². The standard InChI is InChI=1S/C22H23ClN4O/c1-15-5-3-4-6-18(15)14-25-21-13-20(26-16(2)27-21)22(28)24-12-11-17-7-9-19(23)10-8-17/h3-10,13H,11-12,14H2,1-2H3,(H,24,28)(H,25,26,27). The summed E-state index contributed by atoms with van der Waals surface area (Å²) in [7, 11) is 0. The highest BCUT2D eigenvalue weighted by atomic mass is 35.5. The van der Waals surface area contributed by atoms with E-state index in [2.05, 4.69) is 39.7 Å². The van der Waals surface area contributed by atoms with Gasteiger partial charge in [0, 0.05) is 24.2 Å². The van der Waals surface area contributed by atoms with Crippen LogP contribution in [-0.4, -0.2) is 22.4 Å². The molecule has 0 fully saturated rings. The third-order valence-corrected chi connectivity index (χ3v) is 4.66. The van der Waals surface area contributed by atoms with Crippen molar-refractivity contribution in [2.75, 3.05) is 11.9 Å². The fourth-order valence-corrected chi connectivity index (χ4v) is 2.96. The van der Waals surface area contributed by atoms with Crippen LogP contribution >= 0.6 is 11.6 Å². The Morgan fingerprint density at radius 3 is 2.54 bits per heavy atom. The molecule has 0 aliphatic heterocycles. The van der Waals surface area contributed by atoms with Gasteiger partial charge in [0.05, 0.1) is 0 Å². The molecule has 0 saturated heterocycles. The van der Waals surface area contributed by atoms with Gasteiger partial charge in [0.25, 0.3) is 5.91 Å². The van der Waals surface area contributed by atoms with Crippen LogP contribution in [0.2, 0.25) is 5.02 Å². The number of hydrogen-bond donors (Lipinski definition) is 2. The monoisotopic (exact) mass is 394 g/mol. The maximum absolute atomic E-state index is 12.5. The van der Waals surface area contributed by atoms with E-state index in [1.807, 2.05) is 36.4 Å². The van der Waals surface area contributed by atoms with Crippen molar-refractivity contribution in [1.82, 2.24) is 15.3 Å². The van der Waals surface area contributed by atoms with Gasteiger partial charge in [0.15, 0.2) is 0 Å². The molecule has 0 saturated carbocycles. The number of anilines is 1. The van der Waals surface area contributed by atoms with Gasteiger partial charge in [0.1, 0.15) is 17.3 Å². The maximum atomic E-state index is 12.5. The molecule has 2 aromatic carbocycles. The molecule has 1 amide bonds. The Morgan fingerprint density at radius 2 is 1.79 bits per heavy atom. The lowest BCUT2D eigenvalue weighted by atomic mass is 10.1. The number of halogens is 1. The zero-order valence-corrected chi connectivity index (χ0v) is 16.8. The summed E-state index contributed by atoms with van der Waals surface area (Å²) in [6, 6.07) is 17.5. The summed E-state index contributed by atoms with van der Waals surface area (Å²) >= 11 is 5.89. The van der Waals surface area contributed by atoms with Crippen molar-refractivity contribution in [2.45, 2.75) is 26.8 Å². The molecule has 0 radical (unpaired) electrons. The lowest BCUT2D eigenvalue weighted by Gasteiger charge is -2.10. The number of nitrogens with zero attached hydrogens (tertiary/aromatic N) is 2. The van der Waals surface area contributed by atoms with Gasteiger partial charge in [-0.1, -0.05) is 48.0 Å². The highest BCUT2D eigenvalue weighted by Gasteiger charge is 2.10. The van der Waals surface area contributed by atoms with E-state index in [0.717, 1.165) is 12.0 Å². The molecule has 0 bridgehead atoms. The number of hydrogen-bond acceptors (Lipinski definition) is 4. The predicted octanol–water partition coefficient (Wildman–Crippen LogP) is 4.33. The molecule has 3 aromatic rings. The molecular formula is C22H23ClN4O. The van der Waals surface area contributed by atoms with Crippen LogP contribution in [0.5, 0.6) is 0 Å². The lowest BCUT2D eigenvalue weighted by molar-refractivity contribution is 0.0949. The number of aryl methyl sites for hydroxylation is 2. The van der Waals surface area contributed by atoms with E-state index in [9.17, 15) is 4.79 Å². The molecule has 5 nitrogen and oxygen atoms in total. The van der Waals surface area contributed by atoms with Crippen LogP contribution in [0.15, 0.2) is 54.6 Å². The molecule has 2 N–H and O–H groups in total. The number of benzene rings is 2. The summed E-state index contributed by atoms with van der Waals surface area (Å²) in [4.78, 5) is 21.1. The topological polar surface area (TPSA) is 66.9 Å². The maximum Gasteiger partial charge on any atom is 0.270 e. The number of carbonyl (C=O) groups is 1. The van der Waals surface area contributed by atoms with Crippen LogP contribution in [0.25, 0.3) is 0 Å². The van der Waals surface area contributed by atoms with Gasteiger partial charge in [-0.3, -0.25) is 4.79 Å². The van der Waals surface area contributed by atoms with Crippen LogP contribution in [0.3, 0.4) is 0 Å². The van der Waals surface area contributed by atoms with Crippen molar-refractivity contribution in [1.29, 1.82) is 0 Å². The Labute approximate surface area is 170 Å². The average Bonchev–Trinajstić information content (AvgIpc) is 2.68. The molecule has 0 unspecified atom stereocenters. The third-order valence-electron chi connectivity index (χ3n) is 4.40. The number of rotatable bonds is 7. The Kier molecular flexibility index (Phi) is 6.61. The van der Waals surface area contributed by atoms with Crippen molar-refractivity contribution < 1.29 is 4.79 Å². The number of nitrogens with one attached hydrogen (secondary N) is 2. The molecular weight excluding hydrogens is 372 g/mol. The summed E-state index contributed by atoms with van der Waals surface area (Å²) < 4.78 is 0. The van der Waals surface area contributed by atoms with E-state index in [1.54, 1.807) is 13.0 Å². The van der Waals surface area contributed by atoms with E-state index in [4.69, 9.17) is 11.6 Å². The van der Waals surface area contributed by atoms with E-state index in [0.29, 0.717) is 35.4 Å². The van der Waals surface area contributed by atoms with Crippen molar-refractivity contribution in [3.63, 3.8) is 0 Å². The van der Waals surface area contributed by atoms with Crippen LogP contribution in [0.1, 0.15) is 33.0 Å². The first-order valence-electron chi connectivity index (χ1n) is 9.18.